The molecule has 1 aromatic heterocycles. The fourth-order valence-corrected chi connectivity index (χ4v) is 2.23. The Morgan fingerprint density at radius 1 is 1.56 bits per heavy atom. The van der Waals surface area contributed by atoms with Crippen molar-refractivity contribution in [2.24, 2.45) is 0 Å². The Morgan fingerprint density at radius 3 is 3.06 bits per heavy atom. The van der Waals surface area contributed by atoms with Gasteiger partial charge in [-0.25, -0.2) is 9.37 Å². The normalized spacial score (nSPS) is 11.8. The Bertz CT molecular complexity index is 557. The summed E-state index contributed by atoms with van der Waals surface area (Å²) in [7, 11) is 0. The van der Waals surface area contributed by atoms with Crippen LogP contribution in [-0.4, -0.2) is 4.98 Å². The van der Waals surface area contributed by atoms with E-state index < -0.39 is 0 Å². The van der Waals surface area contributed by atoms with Crippen LogP contribution in [0.15, 0.2) is 42.6 Å². The minimum atomic E-state index is -0.238. The quantitative estimate of drug-likeness (QED) is 0.814. The van der Waals surface area contributed by atoms with Gasteiger partial charge in [-0.1, -0.05) is 24.0 Å². The maximum atomic E-state index is 13.0. The molecule has 0 aliphatic carbocycles. The van der Waals surface area contributed by atoms with E-state index in [1.165, 1.54) is 23.5 Å². The second kappa shape index (κ2) is 4.45. The van der Waals surface area contributed by atoms with Gasteiger partial charge in [-0.2, -0.15) is 0 Å². The van der Waals surface area contributed by atoms with E-state index in [1.54, 1.807) is 12.1 Å². The Balaban J connectivity index is 2.36. The number of nitrogens with zero attached hydrogens (tertiary/aromatic N) is 1. The molecule has 0 saturated carbocycles. The summed E-state index contributed by atoms with van der Waals surface area (Å²) >= 11 is 1.42. The molecule has 0 unspecified atom stereocenters. The van der Waals surface area contributed by atoms with Gasteiger partial charge < -0.3 is 5.32 Å². The molecule has 4 heteroatoms. The smallest absolute Gasteiger partial charge is 0.188 e. The molecule has 0 bridgehead atoms. The van der Waals surface area contributed by atoms with Crippen molar-refractivity contribution in [3.63, 3.8) is 0 Å². The molecule has 0 aliphatic heterocycles. The van der Waals surface area contributed by atoms with Crippen LogP contribution >= 0.6 is 11.3 Å². The van der Waals surface area contributed by atoms with E-state index in [0.29, 0.717) is 0 Å². The first-order valence-corrected chi connectivity index (χ1v) is 5.66. The number of halogens is 1. The molecule has 2 rings (SSSR count). The maximum Gasteiger partial charge on any atom is 0.188 e. The Morgan fingerprint density at radius 2 is 2.38 bits per heavy atom. The van der Waals surface area contributed by atoms with Gasteiger partial charge in [-0.3, -0.25) is 0 Å². The van der Waals surface area contributed by atoms with Crippen LogP contribution in [0.2, 0.25) is 0 Å². The number of hydrogen-bond acceptors (Lipinski definition) is 3. The number of anilines is 1. The van der Waals surface area contributed by atoms with Gasteiger partial charge in [0, 0.05) is 5.70 Å². The molecule has 1 N–H and O–H groups in total. The predicted molar refractivity (Wildman–Crippen MR) is 67.2 cm³/mol. The molecule has 0 saturated heterocycles. The van der Waals surface area contributed by atoms with Crippen LogP contribution in [0, 0.1) is 5.82 Å². The lowest BCUT2D eigenvalue weighted by Crippen LogP contribution is -1.94. The summed E-state index contributed by atoms with van der Waals surface area (Å²) in [5.74, 6) is -0.238. The molecular weight excluding hydrogens is 223 g/mol. The highest BCUT2D eigenvalue weighted by atomic mass is 32.1. The van der Waals surface area contributed by atoms with E-state index in [-0.39, 0.29) is 5.82 Å². The first-order valence-electron chi connectivity index (χ1n) is 4.85. The average Bonchev–Trinajstić information content (AvgIpc) is 2.67. The van der Waals surface area contributed by atoms with Crippen molar-refractivity contribution < 1.29 is 4.39 Å². The van der Waals surface area contributed by atoms with E-state index in [2.05, 4.69) is 16.9 Å². The fourth-order valence-electron chi connectivity index (χ4n) is 1.32. The van der Waals surface area contributed by atoms with Gasteiger partial charge in [0.1, 0.15) is 5.82 Å². The summed E-state index contributed by atoms with van der Waals surface area (Å²) in [6.45, 7) is 5.60. The van der Waals surface area contributed by atoms with Crippen LogP contribution < -0.4 is 5.32 Å². The third-order valence-corrected chi connectivity index (χ3v) is 3.07. The minimum absolute atomic E-state index is 0.238. The van der Waals surface area contributed by atoms with Gasteiger partial charge >= 0.3 is 0 Å². The SMILES string of the molecule is C=C/C(=C\C)Nc1nc2ccc(F)cc2s1. The van der Waals surface area contributed by atoms with Crippen LogP contribution in [0.25, 0.3) is 10.2 Å². The summed E-state index contributed by atoms with van der Waals surface area (Å²) in [5.41, 5.74) is 1.69. The summed E-state index contributed by atoms with van der Waals surface area (Å²) in [4.78, 5) is 4.34. The summed E-state index contributed by atoms with van der Waals surface area (Å²) in [6.07, 6.45) is 3.62. The van der Waals surface area contributed by atoms with Crippen molar-refractivity contribution in [1.29, 1.82) is 0 Å². The molecule has 1 aromatic carbocycles. The molecule has 0 radical (unpaired) electrons. The number of nitrogens with one attached hydrogen (secondary N) is 1. The third kappa shape index (κ3) is 2.12. The third-order valence-electron chi connectivity index (χ3n) is 2.13. The Kier molecular flexibility index (Phi) is 3.01. The molecule has 1 heterocycles. The number of thiazole rings is 1. The van der Waals surface area contributed by atoms with Gasteiger partial charge in [0.05, 0.1) is 10.2 Å². The second-order valence-corrected chi connectivity index (χ2v) is 4.23. The molecule has 16 heavy (non-hydrogen) atoms. The van der Waals surface area contributed by atoms with E-state index in [4.69, 9.17) is 0 Å². The van der Waals surface area contributed by atoms with Crippen molar-refractivity contribution >= 4 is 26.7 Å². The largest absolute Gasteiger partial charge is 0.332 e. The van der Waals surface area contributed by atoms with Crippen LogP contribution in [0.5, 0.6) is 0 Å². The lowest BCUT2D eigenvalue weighted by atomic mass is 10.3. The van der Waals surface area contributed by atoms with Crippen molar-refractivity contribution in [2.45, 2.75) is 6.92 Å². The van der Waals surface area contributed by atoms with Gasteiger partial charge in [-0.15, -0.1) is 0 Å². The summed E-state index contributed by atoms with van der Waals surface area (Å²) < 4.78 is 13.8. The molecule has 0 fully saturated rings. The van der Waals surface area contributed by atoms with Crippen molar-refractivity contribution in [3.8, 4) is 0 Å². The van der Waals surface area contributed by atoms with E-state index in [1.807, 2.05) is 13.0 Å². The van der Waals surface area contributed by atoms with Gasteiger partial charge in [0.25, 0.3) is 0 Å². The second-order valence-electron chi connectivity index (χ2n) is 3.20. The van der Waals surface area contributed by atoms with Crippen molar-refractivity contribution in [3.05, 3.63) is 48.4 Å². The zero-order chi connectivity index (χ0) is 11.5. The van der Waals surface area contributed by atoms with Gasteiger partial charge in [0.2, 0.25) is 0 Å². The number of hydrogen-bond donors (Lipinski definition) is 1. The molecular formula is C12H11FN2S. The van der Waals surface area contributed by atoms with E-state index in [0.717, 1.165) is 21.0 Å². The first-order chi connectivity index (χ1) is 7.72. The zero-order valence-corrected chi connectivity index (χ0v) is 9.64. The molecule has 0 atom stereocenters. The fraction of sp³-hybridized carbons (Fsp3) is 0.0833. The van der Waals surface area contributed by atoms with Gasteiger partial charge in [0.15, 0.2) is 5.13 Å². The van der Waals surface area contributed by atoms with Crippen molar-refractivity contribution in [2.75, 3.05) is 5.32 Å². The number of fused-ring (bicyclic) bond motifs is 1. The highest BCUT2D eigenvalue weighted by Gasteiger charge is 2.04. The topological polar surface area (TPSA) is 24.9 Å². The molecule has 2 nitrogen and oxygen atoms in total. The molecule has 2 aromatic rings. The zero-order valence-electron chi connectivity index (χ0n) is 8.83. The lowest BCUT2D eigenvalue weighted by Gasteiger charge is -2.00. The molecule has 0 spiro atoms. The van der Waals surface area contributed by atoms with Crippen LogP contribution in [0.3, 0.4) is 0 Å². The number of benzene rings is 1. The molecule has 0 amide bonds. The van der Waals surface area contributed by atoms with Crippen LogP contribution in [-0.2, 0) is 0 Å². The summed E-state index contributed by atoms with van der Waals surface area (Å²) in [6, 6.07) is 4.58. The highest BCUT2D eigenvalue weighted by Crippen LogP contribution is 2.27. The highest BCUT2D eigenvalue weighted by molar-refractivity contribution is 7.22. The minimum Gasteiger partial charge on any atom is -0.332 e. The van der Waals surface area contributed by atoms with Gasteiger partial charge in [-0.05, 0) is 31.2 Å². The molecule has 0 aliphatic rings. The standard InChI is InChI=1S/C12H11FN2S/c1-3-9(4-2)14-12-15-10-6-5-8(13)7-11(10)16-12/h3-7H,1H2,2H3,(H,14,15)/b9-4+. The van der Waals surface area contributed by atoms with E-state index in [9.17, 15) is 4.39 Å². The number of allylic oxidation sites excluding steroid dienone is 2. The summed E-state index contributed by atoms with van der Waals surface area (Å²) in [5, 5.41) is 3.86. The molecule has 82 valence electrons. The van der Waals surface area contributed by atoms with Crippen LogP contribution in [0.4, 0.5) is 9.52 Å². The monoisotopic (exact) mass is 234 g/mol. The first kappa shape index (κ1) is 10.8. The van der Waals surface area contributed by atoms with Crippen molar-refractivity contribution in [1.82, 2.24) is 4.98 Å². The number of aromatic nitrogens is 1. The van der Waals surface area contributed by atoms with Crippen LogP contribution in [0.1, 0.15) is 6.92 Å². The Hall–Kier alpha value is -1.68. The van der Waals surface area contributed by atoms with E-state index >= 15 is 0 Å². The predicted octanol–water partition coefficient (Wildman–Crippen LogP) is 3.94. The lowest BCUT2D eigenvalue weighted by molar-refractivity contribution is 0.630. The number of rotatable bonds is 3. The average molecular weight is 234 g/mol. The Labute approximate surface area is 97.1 Å². The maximum absolute atomic E-state index is 13.0.